The van der Waals surface area contributed by atoms with E-state index in [9.17, 15) is 19.5 Å². The molecule has 1 aromatic carbocycles. The number of nitrogens with one attached hydrogen (secondary N) is 1. The molecule has 1 aliphatic heterocycles. The maximum Gasteiger partial charge on any atom is 0.408 e. The van der Waals surface area contributed by atoms with Gasteiger partial charge in [-0.3, -0.25) is 14.2 Å². The third-order valence-corrected chi connectivity index (χ3v) is 7.07. The fourth-order valence-electron chi connectivity index (χ4n) is 3.82. The van der Waals surface area contributed by atoms with Gasteiger partial charge < -0.3 is 20.1 Å². The molecule has 0 atom stereocenters. The van der Waals surface area contributed by atoms with Gasteiger partial charge >= 0.3 is 6.09 Å². The summed E-state index contributed by atoms with van der Waals surface area (Å²) in [7, 11) is 0. The summed E-state index contributed by atoms with van der Waals surface area (Å²) in [5.74, 6) is -0.315. The van der Waals surface area contributed by atoms with Gasteiger partial charge in [0, 0.05) is 18.2 Å². The van der Waals surface area contributed by atoms with Gasteiger partial charge in [0.2, 0.25) is 5.91 Å². The smallest absolute Gasteiger partial charge is 0.408 e. The van der Waals surface area contributed by atoms with Crippen LogP contribution in [0.3, 0.4) is 0 Å². The number of nitrogens with zero attached hydrogens (tertiary/aromatic N) is 3. The van der Waals surface area contributed by atoms with Gasteiger partial charge in [0.1, 0.15) is 17.9 Å². The Morgan fingerprint density at radius 3 is 2.65 bits per heavy atom. The van der Waals surface area contributed by atoms with Crippen molar-refractivity contribution in [1.29, 1.82) is 0 Å². The fourth-order valence-corrected chi connectivity index (χ4v) is 5.14. The summed E-state index contributed by atoms with van der Waals surface area (Å²) < 4.78 is 6.64. The average Bonchev–Trinajstić information content (AvgIpc) is 2.74. The maximum atomic E-state index is 13.6. The molecule has 0 radical (unpaired) electrons. The normalized spacial score (nSPS) is 15.9. The highest BCUT2D eigenvalue weighted by Gasteiger charge is 2.29. The van der Waals surface area contributed by atoms with Crippen molar-refractivity contribution in [3.63, 3.8) is 0 Å². The lowest BCUT2D eigenvalue weighted by Gasteiger charge is -2.30. The van der Waals surface area contributed by atoms with E-state index in [1.54, 1.807) is 50.7 Å². The summed E-state index contributed by atoms with van der Waals surface area (Å²) in [5.41, 5.74) is 0.540. The Labute approximate surface area is 202 Å². The number of hydrogen-bond donors (Lipinski definition) is 2. The number of rotatable bonds is 5. The minimum atomic E-state index is -0.667. The zero-order valence-corrected chi connectivity index (χ0v) is 20.5. The second-order valence-electron chi connectivity index (χ2n) is 9.54. The lowest BCUT2D eigenvalue weighted by atomic mass is 10.0. The van der Waals surface area contributed by atoms with Crippen LogP contribution in [0.4, 0.5) is 4.79 Å². The molecule has 10 heteroatoms. The van der Waals surface area contributed by atoms with Crippen LogP contribution in [0, 0.1) is 0 Å². The Kier molecular flexibility index (Phi) is 6.88. The zero-order valence-electron chi connectivity index (χ0n) is 19.7. The standard InChI is InChI=1S/C24H30N4O5S/c1-24(2,3)33-23(32)25-13-20(30)27-12-11-17-16(14-27)21(31)28(18-9-4-5-10-19(18)29)22(26-17)34-15-7-6-8-15/h4-5,9-10,15,29H,6-8,11-14H2,1-3H3,(H,25,32). The van der Waals surface area contributed by atoms with E-state index in [-0.39, 0.29) is 30.3 Å². The first-order valence-electron chi connectivity index (χ1n) is 11.5. The molecule has 0 unspecified atom stereocenters. The van der Waals surface area contributed by atoms with Crippen molar-refractivity contribution in [3.05, 3.63) is 45.9 Å². The fraction of sp³-hybridized carbons (Fsp3) is 0.500. The molecule has 1 aromatic heterocycles. The van der Waals surface area contributed by atoms with Crippen LogP contribution >= 0.6 is 11.8 Å². The summed E-state index contributed by atoms with van der Waals surface area (Å²) in [4.78, 5) is 44.6. The first kappa shape index (κ1) is 24.1. The Hall–Kier alpha value is -3.01. The van der Waals surface area contributed by atoms with E-state index in [1.165, 1.54) is 15.5 Å². The number of carbonyl (C=O) groups excluding carboxylic acids is 2. The van der Waals surface area contributed by atoms with Gasteiger partial charge in [0.25, 0.3) is 5.56 Å². The van der Waals surface area contributed by atoms with Gasteiger partial charge in [-0.15, -0.1) is 0 Å². The highest BCUT2D eigenvalue weighted by atomic mass is 32.2. The summed E-state index contributed by atoms with van der Waals surface area (Å²) in [6.07, 6.45) is 3.09. The first-order valence-corrected chi connectivity index (χ1v) is 12.3. The van der Waals surface area contributed by atoms with Crippen molar-refractivity contribution < 1.29 is 19.4 Å². The predicted octanol–water partition coefficient (Wildman–Crippen LogP) is 2.99. The molecule has 2 heterocycles. The number of para-hydroxylation sites is 2. The number of hydrogen-bond acceptors (Lipinski definition) is 7. The van der Waals surface area contributed by atoms with Crippen LogP contribution in [-0.4, -0.2) is 55.5 Å². The van der Waals surface area contributed by atoms with E-state index < -0.39 is 11.7 Å². The molecule has 1 saturated carbocycles. The largest absolute Gasteiger partial charge is 0.506 e. The number of carbonyl (C=O) groups is 2. The highest BCUT2D eigenvalue weighted by molar-refractivity contribution is 7.99. The second kappa shape index (κ2) is 9.69. The van der Waals surface area contributed by atoms with Crippen LogP contribution in [-0.2, 0) is 22.5 Å². The SMILES string of the molecule is CC(C)(C)OC(=O)NCC(=O)N1CCc2nc(SC3CCC3)n(-c3ccccc3O)c(=O)c2C1. The van der Waals surface area contributed by atoms with Crippen molar-refractivity contribution in [3.8, 4) is 11.4 Å². The number of phenolic OH excluding ortho intramolecular Hbond substituents is 1. The van der Waals surface area contributed by atoms with Crippen LogP contribution in [0.25, 0.3) is 5.69 Å². The van der Waals surface area contributed by atoms with Gasteiger partial charge in [0.05, 0.1) is 23.5 Å². The van der Waals surface area contributed by atoms with E-state index in [2.05, 4.69) is 5.32 Å². The molecular formula is C24H30N4O5S. The Balaban J connectivity index is 1.58. The van der Waals surface area contributed by atoms with Gasteiger partial charge in [-0.1, -0.05) is 30.3 Å². The number of aromatic hydroxyl groups is 1. The van der Waals surface area contributed by atoms with E-state index in [1.807, 2.05) is 0 Å². The molecule has 0 saturated heterocycles. The van der Waals surface area contributed by atoms with Gasteiger partial charge in [-0.05, 0) is 45.7 Å². The average molecular weight is 487 g/mol. The molecule has 4 rings (SSSR count). The molecule has 1 aliphatic carbocycles. The van der Waals surface area contributed by atoms with Gasteiger partial charge in [0.15, 0.2) is 5.16 Å². The quantitative estimate of drug-likeness (QED) is 0.625. The number of alkyl carbamates (subject to hydrolysis) is 1. The van der Waals surface area contributed by atoms with Crippen LogP contribution in [0.5, 0.6) is 5.75 Å². The number of amides is 2. The third kappa shape index (κ3) is 5.38. The maximum absolute atomic E-state index is 13.6. The van der Waals surface area contributed by atoms with Crippen molar-refractivity contribution in [1.82, 2.24) is 19.8 Å². The Bertz CT molecular complexity index is 1150. The molecular weight excluding hydrogens is 456 g/mol. The van der Waals surface area contributed by atoms with E-state index >= 15 is 0 Å². The third-order valence-electron chi connectivity index (χ3n) is 5.78. The summed E-state index contributed by atoms with van der Waals surface area (Å²) in [5, 5.41) is 13.9. The molecule has 1 fully saturated rings. The molecule has 2 N–H and O–H groups in total. The molecule has 34 heavy (non-hydrogen) atoms. The van der Waals surface area contributed by atoms with E-state index in [0.717, 1.165) is 19.3 Å². The van der Waals surface area contributed by atoms with Crippen LogP contribution in [0.2, 0.25) is 0 Å². The summed E-state index contributed by atoms with van der Waals surface area (Å²) >= 11 is 1.57. The first-order chi connectivity index (χ1) is 16.1. The number of benzene rings is 1. The molecule has 2 aromatic rings. The number of phenols is 1. The highest BCUT2D eigenvalue weighted by Crippen LogP contribution is 2.37. The molecule has 0 spiro atoms. The van der Waals surface area contributed by atoms with Gasteiger partial charge in [-0.2, -0.15) is 0 Å². The van der Waals surface area contributed by atoms with Crippen molar-refractivity contribution in [2.24, 2.45) is 0 Å². The Morgan fingerprint density at radius 1 is 1.26 bits per heavy atom. The number of aromatic nitrogens is 2. The van der Waals surface area contributed by atoms with Crippen LogP contribution in [0.1, 0.15) is 51.3 Å². The second-order valence-corrected chi connectivity index (χ2v) is 10.8. The zero-order chi connectivity index (χ0) is 24.5. The lowest BCUT2D eigenvalue weighted by Crippen LogP contribution is -2.46. The molecule has 2 aliphatic rings. The Morgan fingerprint density at radius 2 is 2.00 bits per heavy atom. The minimum Gasteiger partial charge on any atom is -0.506 e. The number of fused-ring (bicyclic) bond motifs is 1. The summed E-state index contributed by atoms with van der Waals surface area (Å²) in [6, 6.07) is 6.69. The number of thioether (sulfide) groups is 1. The van der Waals surface area contributed by atoms with Crippen LogP contribution < -0.4 is 10.9 Å². The van der Waals surface area contributed by atoms with Crippen molar-refractivity contribution in [2.45, 2.75) is 69.0 Å². The van der Waals surface area contributed by atoms with E-state index in [0.29, 0.717) is 40.3 Å². The van der Waals surface area contributed by atoms with Crippen LogP contribution in [0.15, 0.2) is 34.2 Å². The minimum absolute atomic E-state index is 0.00730. The molecule has 9 nitrogen and oxygen atoms in total. The lowest BCUT2D eigenvalue weighted by molar-refractivity contribution is -0.131. The topological polar surface area (TPSA) is 114 Å². The molecule has 2 amide bonds. The monoisotopic (exact) mass is 486 g/mol. The van der Waals surface area contributed by atoms with Crippen molar-refractivity contribution >= 4 is 23.8 Å². The van der Waals surface area contributed by atoms with E-state index in [4.69, 9.17) is 9.72 Å². The molecule has 182 valence electrons. The van der Waals surface area contributed by atoms with Gasteiger partial charge in [-0.25, -0.2) is 9.78 Å². The number of ether oxygens (including phenoxy) is 1. The summed E-state index contributed by atoms with van der Waals surface area (Å²) in [6.45, 7) is 5.52. The van der Waals surface area contributed by atoms with Crippen molar-refractivity contribution in [2.75, 3.05) is 13.1 Å². The predicted molar refractivity (Wildman–Crippen MR) is 128 cm³/mol. The molecule has 0 bridgehead atoms.